The van der Waals surface area contributed by atoms with Crippen molar-refractivity contribution in [3.05, 3.63) is 31.2 Å². The maximum absolute atomic E-state index is 8.19. The Bertz CT molecular complexity index is 158. The molecule has 0 spiro atoms. The molecule has 0 N–H and O–H groups in total. The molecule has 0 amide bonds. The van der Waals surface area contributed by atoms with Gasteiger partial charge in [0.15, 0.2) is 0 Å². The van der Waals surface area contributed by atoms with Crippen LogP contribution in [0.4, 0.5) is 0 Å². The second kappa shape index (κ2) is 19.1. The Morgan fingerprint density at radius 1 is 1.43 bits per heavy atom. The summed E-state index contributed by atoms with van der Waals surface area (Å²) in [7, 11) is 0. The van der Waals surface area contributed by atoms with E-state index < -0.39 is 0 Å². The molecule has 0 atom stereocenters. The zero-order valence-electron chi connectivity index (χ0n) is 8.66. The van der Waals surface area contributed by atoms with Gasteiger partial charge in [-0.1, -0.05) is 26.2 Å². The van der Waals surface area contributed by atoms with E-state index in [2.05, 4.69) is 25.2 Å². The van der Waals surface area contributed by atoms with Gasteiger partial charge in [-0.3, -0.25) is 6.08 Å². The molecule has 4 heteroatoms. The molecule has 0 heterocycles. The van der Waals surface area contributed by atoms with Crippen molar-refractivity contribution in [3.63, 3.8) is 0 Å². The average Bonchev–Trinajstić information content (AvgIpc) is 2.57. The van der Waals surface area contributed by atoms with E-state index in [4.69, 9.17) is 3.67 Å². The van der Waals surface area contributed by atoms with E-state index in [0.717, 1.165) is 23.8 Å². The van der Waals surface area contributed by atoms with Crippen molar-refractivity contribution in [3.8, 4) is 0 Å². The van der Waals surface area contributed by atoms with Crippen LogP contribution in [-0.4, -0.2) is 0 Å². The third-order valence-electron chi connectivity index (χ3n) is 1.59. The summed E-state index contributed by atoms with van der Waals surface area (Å²) in [5.41, 5.74) is 1.48. The molecule has 0 fully saturated rings. The number of hydrogen-bond donors (Lipinski definition) is 0. The van der Waals surface area contributed by atoms with Crippen molar-refractivity contribution in [2.75, 3.05) is 0 Å². The first-order valence-corrected chi connectivity index (χ1v) is 4.44. The molecule has 0 aliphatic heterocycles. The van der Waals surface area contributed by atoms with E-state index in [1.807, 2.05) is 0 Å². The third-order valence-corrected chi connectivity index (χ3v) is 1.59. The Morgan fingerprint density at radius 2 is 2.00 bits per heavy atom. The Kier molecular flexibility index (Phi) is 32.6. The number of halogens is 2. The van der Waals surface area contributed by atoms with Gasteiger partial charge < -0.3 is 7.43 Å². The van der Waals surface area contributed by atoms with Crippen LogP contribution < -0.4 is 0 Å². The summed E-state index contributed by atoms with van der Waals surface area (Å²) in [6, 6.07) is 0. The predicted octanol–water partition coefficient (Wildman–Crippen LogP) is 4.04. The summed E-state index contributed by atoms with van der Waals surface area (Å²) in [5.74, 6) is 0. The average molecular weight is 276 g/mol. The summed E-state index contributed by atoms with van der Waals surface area (Å²) in [6.45, 7) is 2.23. The number of unbranched alkanes of at least 4 members (excludes halogenated alkanes) is 1. The number of hydrogen-bond acceptors (Lipinski definition) is 1. The zero-order valence-corrected chi connectivity index (χ0v) is 11.7. The molecular weight excluding hydrogens is 258 g/mol. The van der Waals surface area contributed by atoms with Gasteiger partial charge in [-0.25, -0.2) is 11.6 Å². The van der Waals surface area contributed by atoms with Crippen LogP contribution in [0.15, 0.2) is 17.7 Å². The van der Waals surface area contributed by atoms with E-state index in [1.165, 1.54) is 24.8 Å². The molecule has 0 radical (unpaired) electrons. The quantitative estimate of drug-likeness (QED) is 0.711. The van der Waals surface area contributed by atoms with Gasteiger partial charge in [-0.2, -0.15) is 6.08 Å². The third kappa shape index (κ3) is 12.4. The minimum atomic E-state index is 0. The molecule has 0 saturated carbocycles. The van der Waals surface area contributed by atoms with Gasteiger partial charge in [0.1, 0.15) is 0 Å². The van der Waals surface area contributed by atoms with Crippen molar-refractivity contribution in [1.29, 1.82) is 0 Å². The molecule has 0 saturated heterocycles. The first kappa shape index (κ1) is 23.9. The summed E-state index contributed by atoms with van der Waals surface area (Å²) in [4.78, 5) is 0. The van der Waals surface area contributed by atoms with Crippen LogP contribution in [0.3, 0.4) is 0 Å². The van der Waals surface area contributed by atoms with Crippen LogP contribution in [0, 0.1) is 13.5 Å². The van der Waals surface area contributed by atoms with Crippen molar-refractivity contribution >= 4 is 24.8 Å². The molecule has 1 aliphatic carbocycles. The summed E-state index contributed by atoms with van der Waals surface area (Å²) >= 11 is 1.06. The summed E-state index contributed by atoms with van der Waals surface area (Å²) < 4.78 is 8.19. The van der Waals surface area contributed by atoms with Crippen molar-refractivity contribution in [2.24, 2.45) is 0 Å². The fourth-order valence-electron chi connectivity index (χ4n) is 0.994. The van der Waals surface area contributed by atoms with Crippen molar-refractivity contribution in [2.45, 2.75) is 32.6 Å². The van der Waals surface area contributed by atoms with Gasteiger partial charge in [-0.05, 0) is 0 Å². The van der Waals surface area contributed by atoms with Crippen LogP contribution in [0.1, 0.15) is 32.6 Å². The van der Waals surface area contributed by atoms with Gasteiger partial charge in [-0.15, -0.1) is 31.2 Å². The maximum atomic E-state index is 8.19. The van der Waals surface area contributed by atoms with E-state index >= 15 is 0 Å². The Labute approximate surface area is 109 Å². The molecule has 1 nitrogen and oxygen atoms in total. The second-order valence-electron chi connectivity index (χ2n) is 2.44. The topological polar surface area (TPSA) is 17.1 Å². The molecule has 0 aromatic rings. The standard InChI is InChI=1S/C9H13.CH3.2ClH.O.V/c1-2-3-6-9-7-4-5-8-9;;;;;/h7-8H,2-4,6H2,1H3;1H3;2*1H;;/q2*-1;;;;+2. The Hall–Kier alpha value is 0.444. The monoisotopic (exact) mass is 275 g/mol. The fraction of sp³-hybridized carbons (Fsp3) is 0.500. The van der Waals surface area contributed by atoms with E-state index in [1.54, 1.807) is 0 Å². The molecule has 0 bridgehead atoms. The molecule has 0 unspecified atom stereocenters. The molecule has 0 aromatic heterocycles. The fourth-order valence-corrected chi connectivity index (χ4v) is 0.994. The molecular formula is C10H18Cl2OV. The normalized spacial score (nSPS) is 10.9. The SMILES string of the molecule is CCCCC1=CC[C-]=C1.Cl.Cl.[CH3-].[O]=[V+2]. The Balaban J connectivity index is -0.0000000942. The second-order valence-corrected chi connectivity index (χ2v) is 2.44. The van der Waals surface area contributed by atoms with Gasteiger partial charge in [0.2, 0.25) is 0 Å². The van der Waals surface area contributed by atoms with Gasteiger partial charge >= 0.3 is 21.0 Å². The minimum absolute atomic E-state index is 0. The molecule has 0 aromatic carbocycles. The van der Waals surface area contributed by atoms with Crippen LogP contribution in [0.2, 0.25) is 0 Å². The molecule has 14 heavy (non-hydrogen) atoms. The van der Waals surface area contributed by atoms with E-state index in [0.29, 0.717) is 0 Å². The zero-order chi connectivity index (χ0) is 8.53. The number of rotatable bonds is 3. The van der Waals surface area contributed by atoms with Crippen molar-refractivity contribution < 1.29 is 21.0 Å². The predicted molar refractivity (Wildman–Crippen MR) is 61.6 cm³/mol. The number of allylic oxidation sites excluding steroid dienone is 4. The first-order chi connectivity index (χ1) is 5.43. The van der Waals surface area contributed by atoms with Gasteiger partial charge in [0.25, 0.3) is 0 Å². The van der Waals surface area contributed by atoms with E-state index in [-0.39, 0.29) is 32.2 Å². The van der Waals surface area contributed by atoms with Crippen LogP contribution in [0.25, 0.3) is 0 Å². The van der Waals surface area contributed by atoms with Gasteiger partial charge in [0, 0.05) is 0 Å². The van der Waals surface area contributed by atoms with Gasteiger partial charge in [0.05, 0.1) is 0 Å². The van der Waals surface area contributed by atoms with Crippen molar-refractivity contribution in [1.82, 2.24) is 0 Å². The summed E-state index contributed by atoms with van der Waals surface area (Å²) in [5, 5.41) is 0. The Morgan fingerprint density at radius 3 is 2.36 bits per heavy atom. The van der Waals surface area contributed by atoms with Crippen LogP contribution in [0.5, 0.6) is 0 Å². The molecule has 1 rings (SSSR count). The van der Waals surface area contributed by atoms with Crippen LogP contribution in [-0.2, 0) is 21.0 Å². The summed E-state index contributed by atoms with van der Waals surface area (Å²) in [6.07, 6.45) is 12.5. The first-order valence-electron chi connectivity index (χ1n) is 3.87. The molecule has 1 aliphatic rings. The van der Waals surface area contributed by atoms with E-state index in [9.17, 15) is 0 Å². The van der Waals surface area contributed by atoms with Crippen LogP contribution >= 0.6 is 24.8 Å². The molecule has 83 valence electrons.